The molecule has 2 aromatic rings. The van der Waals surface area contributed by atoms with Crippen LogP contribution < -0.4 is 25.8 Å². The standard InChI is InChI=1S/C23H32N6OS.HI/c1-2-24-23(27-19-9-12-28(13-10-19)22-4-3-15-31-22)26-16-18-5-7-20(8-6-18)29-14-11-25-21(30)17-29;/h3-8,15,19H,2,9-14,16-17H2,1H3,(H,25,30)(H2,24,26,27);1H. The largest absolute Gasteiger partial charge is 0.363 e. The second kappa shape index (κ2) is 12.3. The van der Waals surface area contributed by atoms with Crippen LogP contribution in [0.15, 0.2) is 46.8 Å². The molecule has 3 N–H and O–H groups in total. The highest BCUT2D eigenvalue weighted by atomic mass is 127. The third kappa shape index (κ3) is 6.74. The number of aliphatic imine (C=N–C) groups is 1. The number of hydrogen-bond acceptors (Lipinski definition) is 5. The molecule has 0 saturated carbocycles. The number of guanidine groups is 1. The number of amides is 1. The van der Waals surface area contributed by atoms with Gasteiger partial charge in [-0.2, -0.15) is 0 Å². The van der Waals surface area contributed by atoms with Crippen LogP contribution in [0.25, 0.3) is 0 Å². The Balaban J connectivity index is 0.00000289. The fourth-order valence-electron chi connectivity index (χ4n) is 4.05. The van der Waals surface area contributed by atoms with Gasteiger partial charge in [0.25, 0.3) is 0 Å². The number of nitrogens with one attached hydrogen (secondary N) is 3. The normalized spacial score (nSPS) is 17.5. The summed E-state index contributed by atoms with van der Waals surface area (Å²) in [6, 6.07) is 13.2. The van der Waals surface area contributed by atoms with Crippen molar-refractivity contribution in [3.05, 3.63) is 47.3 Å². The van der Waals surface area contributed by atoms with Gasteiger partial charge in [0.15, 0.2) is 5.96 Å². The van der Waals surface area contributed by atoms with Gasteiger partial charge in [0.05, 0.1) is 18.1 Å². The van der Waals surface area contributed by atoms with Crippen LogP contribution in [0.2, 0.25) is 0 Å². The topological polar surface area (TPSA) is 72.0 Å². The number of hydrogen-bond donors (Lipinski definition) is 3. The van der Waals surface area contributed by atoms with Crippen LogP contribution in [-0.2, 0) is 11.3 Å². The third-order valence-electron chi connectivity index (χ3n) is 5.76. The quantitative estimate of drug-likeness (QED) is 0.284. The first-order valence-electron chi connectivity index (χ1n) is 11.1. The molecule has 9 heteroatoms. The molecule has 7 nitrogen and oxygen atoms in total. The third-order valence-corrected chi connectivity index (χ3v) is 6.69. The van der Waals surface area contributed by atoms with Crippen LogP contribution in [0.1, 0.15) is 25.3 Å². The number of carbonyl (C=O) groups excluding carboxylic acids is 1. The zero-order valence-corrected chi connectivity index (χ0v) is 21.7. The van der Waals surface area contributed by atoms with Crippen molar-refractivity contribution in [2.45, 2.75) is 32.4 Å². The number of anilines is 2. The van der Waals surface area contributed by atoms with E-state index in [1.54, 1.807) is 0 Å². The number of nitrogens with zero attached hydrogens (tertiary/aromatic N) is 3. The summed E-state index contributed by atoms with van der Waals surface area (Å²) in [6.07, 6.45) is 2.22. The van der Waals surface area contributed by atoms with E-state index >= 15 is 0 Å². The van der Waals surface area contributed by atoms with Crippen molar-refractivity contribution >= 4 is 57.9 Å². The lowest BCUT2D eigenvalue weighted by atomic mass is 10.1. The molecule has 0 unspecified atom stereocenters. The Labute approximate surface area is 211 Å². The highest BCUT2D eigenvalue weighted by Gasteiger charge is 2.21. The molecule has 1 aromatic heterocycles. The Morgan fingerprint density at radius 2 is 1.94 bits per heavy atom. The number of benzene rings is 1. The first-order chi connectivity index (χ1) is 15.2. The molecule has 0 radical (unpaired) electrons. The molecule has 0 spiro atoms. The summed E-state index contributed by atoms with van der Waals surface area (Å²) in [5.74, 6) is 0.969. The van der Waals surface area contributed by atoms with Gasteiger partial charge in [-0.3, -0.25) is 4.79 Å². The van der Waals surface area contributed by atoms with E-state index in [0.717, 1.165) is 56.2 Å². The predicted molar refractivity (Wildman–Crippen MR) is 145 cm³/mol. The highest BCUT2D eigenvalue weighted by Crippen LogP contribution is 2.24. The molecular weight excluding hydrogens is 535 g/mol. The molecule has 32 heavy (non-hydrogen) atoms. The minimum atomic E-state index is 0. The van der Waals surface area contributed by atoms with Crippen molar-refractivity contribution in [2.24, 2.45) is 4.99 Å². The lowest BCUT2D eigenvalue weighted by Gasteiger charge is -2.33. The smallest absolute Gasteiger partial charge is 0.239 e. The lowest BCUT2D eigenvalue weighted by Crippen LogP contribution is -2.48. The van der Waals surface area contributed by atoms with E-state index in [4.69, 9.17) is 4.99 Å². The molecule has 1 aromatic carbocycles. The second-order valence-corrected chi connectivity index (χ2v) is 8.92. The van der Waals surface area contributed by atoms with Gasteiger partial charge in [0.1, 0.15) is 0 Å². The fourth-order valence-corrected chi connectivity index (χ4v) is 4.83. The van der Waals surface area contributed by atoms with E-state index in [1.165, 1.54) is 5.00 Å². The molecule has 174 valence electrons. The summed E-state index contributed by atoms with van der Waals surface area (Å²) in [7, 11) is 0. The summed E-state index contributed by atoms with van der Waals surface area (Å²) in [5, 5.41) is 13.4. The molecule has 0 bridgehead atoms. The molecule has 0 atom stereocenters. The molecule has 2 fully saturated rings. The van der Waals surface area contributed by atoms with Crippen molar-refractivity contribution in [1.82, 2.24) is 16.0 Å². The summed E-state index contributed by atoms with van der Waals surface area (Å²) in [5.41, 5.74) is 2.25. The summed E-state index contributed by atoms with van der Waals surface area (Å²) in [6.45, 7) is 7.70. The molecular formula is C23H33IN6OS. The van der Waals surface area contributed by atoms with Crippen molar-refractivity contribution in [3.8, 4) is 0 Å². The number of piperazine rings is 1. The number of thiophene rings is 1. The van der Waals surface area contributed by atoms with Crippen molar-refractivity contribution in [3.63, 3.8) is 0 Å². The van der Waals surface area contributed by atoms with Crippen LogP contribution >= 0.6 is 35.3 Å². The van der Waals surface area contributed by atoms with Gasteiger partial charge in [-0.15, -0.1) is 35.3 Å². The predicted octanol–water partition coefficient (Wildman–Crippen LogP) is 3.03. The van der Waals surface area contributed by atoms with Crippen molar-refractivity contribution in [1.29, 1.82) is 0 Å². The Bertz CT molecular complexity index is 865. The Morgan fingerprint density at radius 3 is 2.59 bits per heavy atom. The van der Waals surface area contributed by atoms with Gasteiger partial charge in [0, 0.05) is 44.5 Å². The fraction of sp³-hybridized carbons (Fsp3) is 0.478. The van der Waals surface area contributed by atoms with Crippen LogP contribution in [0, 0.1) is 0 Å². The van der Waals surface area contributed by atoms with E-state index in [-0.39, 0.29) is 29.9 Å². The molecule has 3 heterocycles. The van der Waals surface area contributed by atoms with Gasteiger partial charge in [0.2, 0.25) is 5.91 Å². The molecule has 0 aliphatic carbocycles. The monoisotopic (exact) mass is 568 g/mol. The molecule has 2 aliphatic rings. The van der Waals surface area contributed by atoms with Gasteiger partial charge >= 0.3 is 0 Å². The lowest BCUT2D eigenvalue weighted by molar-refractivity contribution is -0.120. The van der Waals surface area contributed by atoms with Gasteiger partial charge in [-0.25, -0.2) is 4.99 Å². The molecule has 4 rings (SSSR count). The first kappa shape index (κ1) is 24.6. The Morgan fingerprint density at radius 1 is 1.16 bits per heavy atom. The minimum Gasteiger partial charge on any atom is -0.363 e. The van der Waals surface area contributed by atoms with Crippen LogP contribution in [0.3, 0.4) is 0 Å². The van der Waals surface area contributed by atoms with Gasteiger partial charge < -0.3 is 25.8 Å². The first-order valence-corrected chi connectivity index (χ1v) is 12.0. The Hall–Kier alpha value is -2.01. The van der Waals surface area contributed by atoms with E-state index in [2.05, 4.69) is 74.5 Å². The molecule has 2 aliphatic heterocycles. The number of carbonyl (C=O) groups is 1. The minimum absolute atomic E-state index is 0. The SMILES string of the molecule is CCNC(=NCc1ccc(N2CCNC(=O)C2)cc1)NC1CCN(c2cccs2)CC1.I. The number of halogens is 1. The van der Waals surface area contributed by atoms with E-state index in [0.29, 0.717) is 25.7 Å². The van der Waals surface area contributed by atoms with Crippen LogP contribution in [0.5, 0.6) is 0 Å². The second-order valence-electron chi connectivity index (χ2n) is 7.99. The average Bonchev–Trinajstić information content (AvgIpc) is 3.33. The van der Waals surface area contributed by atoms with E-state index in [1.807, 2.05) is 11.3 Å². The van der Waals surface area contributed by atoms with Gasteiger partial charge in [-0.1, -0.05) is 12.1 Å². The average molecular weight is 569 g/mol. The maximum Gasteiger partial charge on any atom is 0.239 e. The highest BCUT2D eigenvalue weighted by molar-refractivity contribution is 14.0. The van der Waals surface area contributed by atoms with E-state index < -0.39 is 0 Å². The summed E-state index contributed by atoms with van der Waals surface area (Å²) >= 11 is 1.82. The number of rotatable bonds is 6. The number of piperidine rings is 1. The molecule has 1 amide bonds. The maximum absolute atomic E-state index is 11.6. The van der Waals surface area contributed by atoms with Crippen molar-refractivity contribution in [2.75, 3.05) is 49.1 Å². The maximum atomic E-state index is 11.6. The molecule has 2 saturated heterocycles. The van der Waals surface area contributed by atoms with Crippen LogP contribution in [-0.4, -0.2) is 57.2 Å². The van der Waals surface area contributed by atoms with Crippen LogP contribution in [0.4, 0.5) is 10.7 Å². The Kier molecular flexibility index (Phi) is 9.46. The van der Waals surface area contributed by atoms with E-state index in [9.17, 15) is 4.79 Å². The zero-order chi connectivity index (χ0) is 21.5. The summed E-state index contributed by atoms with van der Waals surface area (Å²) in [4.78, 5) is 21.0. The zero-order valence-electron chi connectivity index (χ0n) is 18.5. The summed E-state index contributed by atoms with van der Waals surface area (Å²) < 4.78 is 0. The van der Waals surface area contributed by atoms with Crippen molar-refractivity contribution < 1.29 is 4.79 Å². The van der Waals surface area contributed by atoms with Gasteiger partial charge in [-0.05, 0) is 55.0 Å².